The largest absolute Gasteiger partial charge is 0.243 e. The van der Waals surface area contributed by atoms with Crippen LogP contribution >= 0.6 is 0 Å². The molecule has 0 saturated carbocycles. The van der Waals surface area contributed by atoms with Crippen molar-refractivity contribution in [2.24, 2.45) is 0 Å². The van der Waals surface area contributed by atoms with Gasteiger partial charge in [0.25, 0.3) is 0 Å². The van der Waals surface area contributed by atoms with E-state index in [2.05, 4.69) is 0 Å². The van der Waals surface area contributed by atoms with Gasteiger partial charge in [-0.1, -0.05) is 42.5 Å². The molecule has 0 aliphatic heterocycles. The van der Waals surface area contributed by atoms with Crippen LogP contribution in [0.15, 0.2) is 71.6 Å². The Morgan fingerprint density at radius 2 is 1.71 bits per heavy atom. The van der Waals surface area contributed by atoms with Crippen molar-refractivity contribution in [3.8, 4) is 6.07 Å². The molecular weight excluding hydrogens is 320 g/mol. The number of fused-ring (bicyclic) bond motifs is 1. The fraction of sp³-hybridized carbons (Fsp3) is 0.105. The maximum atomic E-state index is 12.7. The van der Waals surface area contributed by atoms with Crippen molar-refractivity contribution < 1.29 is 8.42 Å². The molecule has 0 atom stereocenters. The zero-order valence-corrected chi connectivity index (χ0v) is 14.0. The van der Waals surface area contributed by atoms with E-state index >= 15 is 0 Å². The Morgan fingerprint density at radius 3 is 2.46 bits per heavy atom. The van der Waals surface area contributed by atoms with E-state index in [0.29, 0.717) is 5.56 Å². The zero-order valence-electron chi connectivity index (χ0n) is 13.2. The molecule has 0 amide bonds. The first-order chi connectivity index (χ1) is 11.5. The van der Waals surface area contributed by atoms with E-state index in [1.54, 1.807) is 19.2 Å². The van der Waals surface area contributed by atoms with Gasteiger partial charge in [0.15, 0.2) is 0 Å². The second-order valence-corrected chi connectivity index (χ2v) is 7.63. The van der Waals surface area contributed by atoms with Crippen LogP contribution < -0.4 is 0 Å². The fourth-order valence-corrected chi connectivity index (χ4v) is 3.79. The van der Waals surface area contributed by atoms with E-state index < -0.39 is 10.0 Å². The van der Waals surface area contributed by atoms with E-state index in [1.807, 2.05) is 48.5 Å². The van der Waals surface area contributed by atoms with Gasteiger partial charge in [0.2, 0.25) is 10.0 Å². The summed E-state index contributed by atoms with van der Waals surface area (Å²) < 4.78 is 26.7. The standard InChI is InChI=1S/C19H16N2O2S/c1-21(24(22,23)19-8-4-5-15(12-19)13-20)14-16-9-10-17-6-2-3-7-18(17)11-16/h2-12H,14H2,1H3. The number of benzene rings is 3. The van der Waals surface area contributed by atoms with Crippen molar-refractivity contribution in [2.45, 2.75) is 11.4 Å². The van der Waals surface area contributed by atoms with E-state index in [1.165, 1.54) is 16.4 Å². The summed E-state index contributed by atoms with van der Waals surface area (Å²) >= 11 is 0. The van der Waals surface area contributed by atoms with Crippen LogP contribution in [-0.2, 0) is 16.6 Å². The molecular formula is C19H16N2O2S. The molecule has 0 radical (unpaired) electrons. The van der Waals surface area contributed by atoms with Crippen LogP contribution in [0.4, 0.5) is 0 Å². The third-order valence-electron chi connectivity index (χ3n) is 3.89. The van der Waals surface area contributed by atoms with Gasteiger partial charge >= 0.3 is 0 Å². The molecule has 120 valence electrons. The number of nitrogens with zero attached hydrogens (tertiary/aromatic N) is 2. The van der Waals surface area contributed by atoms with Crippen molar-refractivity contribution in [1.82, 2.24) is 4.31 Å². The quantitative estimate of drug-likeness (QED) is 0.732. The second-order valence-electron chi connectivity index (χ2n) is 5.58. The smallest absolute Gasteiger partial charge is 0.207 e. The van der Waals surface area contributed by atoms with Gasteiger partial charge in [-0.2, -0.15) is 9.57 Å². The molecule has 0 bridgehead atoms. The Labute approximate surface area is 141 Å². The van der Waals surface area contributed by atoms with Gasteiger partial charge in [-0.25, -0.2) is 8.42 Å². The minimum atomic E-state index is -3.64. The van der Waals surface area contributed by atoms with Crippen LogP contribution in [0.25, 0.3) is 10.8 Å². The van der Waals surface area contributed by atoms with Gasteiger partial charge in [-0.05, 0) is 40.6 Å². The Morgan fingerprint density at radius 1 is 0.958 bits per heavy atom. The van der Waals surface area contributed by atoms with E-state index in [0.717, 1.165) is 16.3 Å². The third-order valence-corrected chi connectivity index (χ3v) is 5.69. The van der Waals surface area contributed by atoms with Crippen LogP contribution in [0.5, 0.6) is 0 Å². The summed E-state index contributed by atoms with van der Waals surface area (Å²) in [5.41, 5.74) is 1.24. The third kappa shape index (κ3) is 3.16. The van der Waals surface area contributed by atoms with E-state index in [9.17, 15) is 8.42 Å². The molecule has 0 aromatic heterocycles. The van der Waals surface area contributed by atoms with Gasteiger partial charge in [0, 0.05) is 13.6 Å². The molecule has 0 aliphatic rings. The number of rotatable bonds is 4. The van der Waals surface area contributed by atoms with Gasteiger partial charge in [-0.15, -0.1) is 0 Å². The Bertz CT molecular complexity index is 1040. The Balaban J connectivity index is 1.89. The Kier molecular flexibility index (Phi) is 4.34. The highest BCUT2D eigenvalue weighted by Crippen LogP contribution is 2.20. The monoisotopic (exact) mass is 336 g/mol. The summed E-state index contributed by atoms with van der Waals surface area (Å²) in [6.45, 7) is 0.268. The molecule has 0 heterocycles. The highest BCUT2D eigenvalue weighted by Gasteiger charge is 2.21. The molecule has 0 aliphatic carbocycles. The van der Waals surface area contributed by atoms with E-state index in [-0.39, 0.29) is 11.4 Å². The summed E-state index contributed by atoms with van der Waals surface area (Å²) in [5, 5.41) is 11.1. The summed E-state index contributed by atoms with van der Waals surface area (Å²) in [6, 6.07) is 21.9. The average molecular weight is 336 g/mol. The summed E-state index contributed by atoms with van der Waals surface area (Å²) in [5.74, 6) is 0. The van der Waals surface area contributed by atoms with Gasteiger partial charge in [0.1, 0.15) is 0 Å². The van der Waals surface area contributed by atoms with Crippen LogP contribution in [0, 0.1) is 11.3 Å². The van der Waals surface area contributed by atoms with Crippen LogP contribution in [0.3, 0.4) is 0 Å². The van der Waals surface area contributed by atoms with Crippen LogP contribution in [0.1, 0.15) is 11.1 Å². The lowest BCUT2D eigenvalue weighted by Crippen LogP contribution is -2.26. The normalized spacial score (nSPS) is 11.5. The molecule has 24 heavy (non-hydrogen) atoms. The lowest BCUT2D eigenvalue weighted by molar-refractivity contribution is 0.467. The van der Waals surface area contributed by atoms with Crippen molar-refractivity contribution in [3.05, 3.63) is 77.9 Å². The molecule has 3 rings (SSSR count). The van der Waals surface area contributed by atoms with Crippen molar-refractivity contribution in [3.63, 3.8) is 0 Å². The second kappa shape index (κ2) is 6.44. The molecule has 0 fully saturated rings. The highest BCUT2D eigenvalue weighted by atomic mass is 32.2. The SMILES string of the molecule is CN(Cc1ccc2ccccc2c1)S(=O)(=O)c1cccc(C#N)c1. The maximum absolute atomic E-state index is 12.7. The molecule has 0 saturated heterocycles. The van der Waals surface area contributed by atoms with Gasteiger partial charge in [-0.3, -0.25) is 0 Å². The first-order valence-electron chi connectivity index (χ1n) is 7.45. The molecule has 0 spiro atoms. The minimum Gasteiger partial charge on any atom is -0.207 e. The van der Waals surface area contributed by atoms with Crippen molar-refractivity contribution >= 4 is 20.8 Å². The molecule has 3 aromatic carbocycles. The number of nitriles is 1. The van der Waals surface area contributed by atoms with Gasteiger partial charge in [0.05, 0.1) is 16.5 Å². The van der Waals surface area contributed by atoms with Crippen LogP contribution in [-0.4, -0.2) is 19.8 Å². The lowest BCUT2D eigenvalue weighted by atomic mass is 10.1. The zero-order chi connectivity index (χ0) is 17.2. The number of sulfonamides is 1. The maximum Gasteiger partial charge on any atom is 0.243 e. The summed E-state index contributed by atoms with van der Waals surface area (Å²) in [6.07, 6.45) is 0. The molecule has 3 aromatic rings. The summed E-state index contributed by atoms with van der Waals surface area (Å²) in [7, 11) is -2.10. The Hall–Kier alpha value is -2.68. The lowest BCUT2D eigenvalue weighted by Gasteiger charge is -2.17. The highest BCUT2D eigenvalue weighted by molar-refractivity contribution is 7.89. The van der Waals surface area contributed by atoms with Gasteiger partial charge < -0.3 is 0 Å². The number of hydrogen-bond acceptors (Lipinski definition) is 3. The fourth-order valence-electron chi connectivity index (χ4n) is 2.59. The van der Waals surface area contributed by atoms with Crippen molar-refractivity contribution in [1.29, 1.82) is 5.26 Å². The predicted molar refractivity (Wildman–Crippen MR) is 93.8 cm³/mol. The van der Waals surface area contributed by atoms with Crippen molar-refractivity contribution in [2.75, 3.05) is 7.05 Å². The minimum absolute atomic E-state index is 0.129. The van der Waals surface area contributed by atoms with Crippen LogP contribution in [0.2, 0.25) is 0 Å². The first kappa shape index (κ1) is 16.2. The summed E-state index contributed by atoms with van der Waals surface area (Å²) in [4.78, 5) is 0.129. The topological polar surface area (TPSA) is 61.2 Å². The molecule has 0 N–H and O–H groups in total. The van der Waals surface area contributed by atoms with E-state index in [4.69, 9.17) is 5.26 Å². The molecule has 5 heteroatoms. The average Bonchev–Trinajstić information content (AvgIpc) is 2.61. The predicted octanol–water partition coefficient (Wildman–Crippen LogP) is 3.53. The first-order valence-corrected chi connectivity index (χ1v) is 8.89. The number of hydrogen-bond donors (Lipinski definition) is 0. The molecule has 0 unspecified atom stereocenters. The molecule has 4 nitrogen and oxygen atoms in total.